The Morgan fingerprint density at radius 3 is 2.48 bits per heavy atom. The van der Waals surface area contributed by atoms with Crippen LogP contribution in [0, 0.1) is 16.0 Å². The summed E-state index contributed by atoms with van der Waals surface area (Å²) >= 11 is 0. The molecule has 2 amide bonds. The minimum absolute atomic E-state index is 0.0388. The second-order valence-corrected chi connectivity index (χ2v) is 5.95. The lowest BCUT2D eigenvalue weighted by Crippen LogP contribution is -2.28. The zero-order chi connectivity index (χ0) is 17.8. The van der Waals surface area contributed by atoms with Gasteiger partial charge in [-0.15, -0.1) is 0 Å². The van der Waals surface area contributed by atoms with Crippen molar-refractivity contribution in [3.63, 3.8) is 0 Å². The second-order valence-electron chi connectivity index (χ2n) is 5.95. The van der Waals surface area contributed by atoms with Crippen LogP contribution < -0.4 is 5.32 Å². The first-order chi connectivity index (χ1) is 12.0. The van der Waals surface area contributed by atoms with Crippen molar-refractivity contribution in [2.75, 3.05) is 11.9 Å². The van der Waals surface area contributed by atoms with Crippen LogP contribution in [0.4, 0.5) is 11.4 Å². The number of anilines is 1. The van der Waals surface area contributed by atoms with Crippen molar-refractivity contribution in [2.45, 2.75) is 13.0 Å². The third kappa shape index (κ3) is 4.00. The van der Waals surface area contributed by atoms with Crippen LogP contribution in [0.15, 0.2) is 54.6 Å². The highest BCUT2D eigenvalue weighted by atomic mass is 16.6. The molecule has 1 aliphatic heterocycles. The zero-order valence-electron chi connectivity index (χ0n) is 13.4. The van der Waals surface area contributed by atoms with Crippen molar-refractivity contribution < 1.29 is 14.5 Å². The van der Waals surface area contributed by atoms with E-state index in [4.69, 9.17) is 0 Å². The van der Waals surface area contributed by atoms with Crippen LogP contribution in [-0.2, 0) is 16.1 Å². The van der Waals surface area contributed by atoms with E-state index in [0.29, 0.717) is 18.8 Å². The van der Waals surface area contributed by atoms with Crippen LogP contribution in [0.2, 0.25) is 0 Å². The first-order valence-corrected chi connectivity index (χ1v) is 7.90. The van der Waals surface area contributed by atoms with Gasteiger partial charge in [-0.2, -0.15) is 0 Å². The van der Waals surface area contributed by atoms with Gasteiger partial charge in [0.2, 0.25) is 11.8 Å². The monoisotopic (exact) mass is 339 g/mol. The average Bonchev–Trinajstić information content (AvgIpc) is 2.97. The standard InChI is InChI=1S/C18H17N3O4/c22-17-10-14(12-20(17)11-13-4-2-1-3-5-13)18(23)19-15-6-8-16(9-7-15)21(24)25/h1-9,14H,10-12H2,(H,19,23)/t14-/m1/s1. The summed E-state index contributed by atoms with van der Waals surface area (Å²) in [5.74, 6) is -0.725. The molecule has 0 bridgehead atoms. The molecule has 25 heavy (non-hydrogen) atoms. The summed E-state index contributed by atoms with van der Waals surface area (Å²) in [6.07, 6.45) is 0.172. The van der Waals surface area contributed by atoms with Crippen molar-refractivity contribution in [2.24, 2.45) is 5.92 Å². The number of rotatable bonds is 5. The number of hydrogen-bond donors (Lipinski definition) is 1. The first kappa shape index (κ1) is 16.6. The summed E-state index contributed by atoms with van der Waals surface area (Å²) in [5.41, 5.74) is 1.46. The molecular weight excluding hydrogens is 322 g/mol. The molecule has 1 heterocycles. The highest BCUT2D eigenvalue weighted by molar-refractivity contribution is 5.97. The van der Waals surface area contributed by atoms with E-state index < -0.39 is 10.8 Å². The van der Waals surface area contributed by atoms with Crippen LogP contribution in [0.25, 0.3) is 0 Å². The number of nitro groups is 1. The Hall–Kier alpha value is -3.22. The fourth-order valence-electron chi connectivity index (χ4n) is 2.82. The normalized spacial score (nSPS) is 16.7. The average molecular weight is 339 g/mol. The van der Waals surface area contributed by atoms with E-state index >= 15 is 0 Å². The van der Waals surface area contributed by atoms with Gasteiger partial charge in [-0.3, -0.25) is 19.7 Å². The molecule has 2 aromatic rings. The third-order valence-electron chi connectivity index (χ3n) is 4.15. The van der Waals surface area contributed by atoms with Gasteiger partial charge in [-0.05, 0) is 17.7 Å². The van der Waals surface area contributed by atoms with Crippen LogP contribution >= 0.6 is 0 Å². The molecular formula is C18H17N3O4. The highest BCUT2D eigenvalue weighted by Crippen LogP contribution is 2.22. The summed E-state index contributed by atoms with van der Waals surface area (Å²) in [5, 5.41) is 13.4. The molecule has 0 aliphatic carbocycles. The molecule has 0 spiro atoms. The minimum Gasteiger partial charge on any atom is -0.338 e. The predicted molar refractivity (Wildman–Crippen MR) is 91.7 cm³/mol. The molecule has 1 aliphatic rings. The number of nitrogens with one attached hydrogen (secondary N) is 1. The Kier molecular flexibility index (Phi) is 4.74. The molecule has 0 aromatic heterocycles. The van der Waals surface area contributed by atoms with E-state index in [1.54, 1.807) is 4.90 Å². The molecule has 1 saturated heterocycles. The lowest BCUT2D eigenvalue weighted by molar-refractivity contribution is -0.384. The maximum absolute atomic E-state index is 12.4. The molecule has 7 heteroatoms. The fourth-order valence-corrected chi connectivity index (χ4v) is 2.82. The SMILES string of the molecule is O=C(Nc1ccc([N+](=O)[O-])cc1)[C@@H]1CC(=O)N(Cc2ccccc2)C1. The molecule has 128 valence electrons. The Morgan fingerprint density at radius 2 is 1.84 bits per heavy atom. The van der Waals surface area contributed by atoms with E-state index in [1.165, 1.54) is 24.3 Å². The van der Waals surface area contributed by atoms with Crippen LogP contribution in [0.1, 0.15) is 12.0 Å². The molecule has 1 fully saturated rings. The Morgan fingerprint density at radius 1 is 1.16 bits per heavy atom. The molecule has 3 rings (SSSR count). The van der Waals surface area contributed by atoms with Crippen LogP contribution in [0.5, 0.6) is 0 Å². The van der Waals surface area contributed by atoms with Crippen molar-refractivity contribution in [1.82, 2.24) is 4.90 Å². The summed E-state index contributed by atoms with van der Waals surface area (Å²) in [6, 6.07) is 15.2. The van der Waals surface area contributed by atoms with Gasteiger partial charge in [-0.25, -0.2) is 0 Å². The molecule has 1 atom stereocenters. The van der Waals surface area contributed by atoms with Gasteiger partial charge in [-0.1, -0.05) is 30.3 Å². The Balaban J connectivity index is 1.59. The lowest BCUT2D eigenvalue weighted by Gasteiger charge is -2.16. The number of nitrogens with zero attached hydrogens (tertiary/aromatic N) is 2. The summed E-state index contributed by atoms with van der Waals surface area (Å²) < 4.78 is 0. The minimum atomic E-state index is -0.497. The predicted octanol–water partition coefficient (Wildman–Crippen LogP) is 2.58. The molecule has 0 saturated carbocycles. The maximum Gasteiger partial charge on any atom is 0.269 e. The first-order valence-electron chi connectivity index (χ1n) is 7.90. The van der Waals surface area contributed by atoms with Crippen molar-refractivity contribution >= 4 is 23.2 Å². The molecule has 2 aromatic carbocycles. The van der Waals surface area contributed by atoms with Gasteiger partial charge in [0.15, 0.2) is 0 Å². The number of amides is 2. The van der Waals surface area contributed by atoms with E-state index in [2.05, 4.69) is 5.32 Å². The fraction of sp³-hybridized carbons (Fsp3) is 0.222. The Labute approximate surface area is 144 Å². The Bertz CT molecular complexity index is 790. The number of hydrogen-bond acceptors (Lipinski definition) is 4. The second kappa shape index (κ2) is 7.12. The van der Waals surface area contributed by atoms with Crippen LogP contribution in [-0.4, -0.2) is 28.2 Å². The van der Waals surface area contributed by atoms with E-state index in [9.17, 15) is 19.7 Å². The van der Waals surface area contributed by atoms with Gasteiger partial charge in [0.1, 0.15) is 0 Å². The van der Waals surface area contributed by atoms with Crippen LogP contribution in [0.3, 0.4) is 0 Å². The van der Waals surface area contributed by atoms with Gasteiger partial charge in [0, 0.05) is 37.3 Å². The van der Waals surface area contributed by atoms with E-state index in [-0.39, 0.29) is 23.9 Å². The molecule has 0 unspecified atom stereocenters. The van der Waals surface area contributed by atoms with Crippen molar-refractivity contribution in [3.8, 4) is 0 Å². The number of non-ortho nitro benzene ring substituents is 1. The number of likely N-dealkylation sites (tertiary alicyclic amines) is 1. The topological polar surface area (TPSA) is 92.5 Å². The number of nitro benzene ring substituents is 1. The summed E-state index contributed by atoms with van der Waals surface area (Å²) in [6.45, 7) is 0.855. The van der Waals surface area contributed by atoms with E-state index in [0.717, 1.165) is 5.56 Å². The third-order valence-corrected chi connectivity index (χ3v) is 4.15. The highest BCUT2D eigenvalue weighted by Gasteiger charge is 2.34. The van der Waals surface area contributed by atoms with Gasteiger partial charge < -0.3 is 10.2 Å². The van der Waals surface area contributed by atoms with Gasteiger partial charge in [0.05, 0.1) is 10.8 Å². The smallest absolute Gasteiger partial charge is 0.269 e. The number of carbonyl (C=O) groups excluding carboxylic acids is 2. The largest absolute Gasteiger partial charge is 0.338 e. The molecule has 0 radical (unpaired) electrons. The van der Waals surface area contributed by atoms with Crippen molar-refractivity contribution in [1.29, 1.82) is 0 Å². The maximum atomic E-state index is 12.4. The zero-order valence-corrected chi connectivity index (χ0v) is 13.4. The molecule has 1 N–H and O–H groups in total. The van der Waals surface area contributed by atoms with Gasteiger partial charge >= 0.3 is 0 Å². The quantitative estimate of drug-likeness (QED) is 0.669. The lowest BCUT2D eigenvalue weighted by atomic mass is 10.1. The van der Waals surface area contributed by atoms with Crippen molar-refractivity contribution in [3.05, 3.63) is 70.3 Å². The van der Waals surface area contributed by atoms with E-state index in [1.807, 2.05) is 30.3 Å². The summed E-state index contributed by atoms with van der Waals surface area (Å²) in [4.78, 5) is 36.3. The number of carbonyl (C=O) groups is 2. The number of benzene rings is 2. The van der Waals surface area contributed by atoms with Gasteiger partial charge in [0.25, 0.3) is 5.69 Å². The summed E-state index contributed by atoms with van der Waals surface area (Å²) in [7, 11) is 0. The molecule has 7 nitrogen and oxygen atoms in total.